The molecule has 0 aliphatic heterocycles. The number of hydrogen-bond acceptors (Lipinski definition) is 3. The van der Waals surface area contributed by atoms with Crippen molar-refractivity contribution in [2.24, 2.45) is 17.6 Å². The van der Waals surface area contributed by atoms with Crippen molar-refractivity contribution in [1.82, 2.24) is 0 Å². The average Bonchev–Trinajstić information content (AvgIpc) is 2.79. The van der Waals surface area contributed by atoms with Crippen LogP contribution in [0.15, 0.2) is 30.3 Å². The van der Waals surface area contributed by atoms with E-state index in [9.17, 15) is 18.3 Å². The van der Waals surface area contributed by atoms with Crippen LogP contribution in [0.1, 0.15) is 75.8 Å². The minimum Gasteiger partial charge on any atom is -0.490 e. The second kappa shape index (κ2) is 9.22. The molecule has 0 amide bonds. The molecule has 2 aromatic carbocycles. The molecule has 3 N–H and O–H groups in total. The summed E-state index contributed by atoms with van der Waals surface area (Å²) >= 11 is 0. The minimum atomic E-state index is -4.53. The van der Waals surface area contributed by atoms with Gasteiger partial charge in [0.1, 0.15) is 11.3 Å². The van der Waals surface area contributed by atoms with Gasteiger partial charge >= 0.3 is 6.18 Å². The summed E-state index contributed by atoms with van der Waals surface area (Å²) in [5.74, 6) is 1.40. The Morgan fingerprint density at radius 1 is 0.938 bits per heavy atom. The van der Waals surface area contributed by atoms with Crippen molar-refractivity contribution in [2.45, 2.75) is 82.5 Å². The maximum absolute atomic E-state index is 14.1. The number of rotatable bonds is 5. The second-order valence-corrected chi connectivity index (χ2v) is 10.0. The molecule has 2 aliphatic rings. The maximum Gasteiger partial charge on any atom is 0.420 e. The Morgan fingerprint density at radius 3 is 2.22 bits per heavy atom. The molecular weight excluding hydrogens is 415 g/mol. The Bertz CT molecular complexity index is 927. The molecule has 0 aromatic heterocycles. The first-order valence-corrected chi connectivity index (χ1v) is 11.9. The summed E-state index contributed by atoms with van der Waals surface area (Å²) in [6, 6.07) is 7.73. The highest BCUT2D eigenvalue weighted by molar-refractivity contribution is 5.89. The number of alkyl halides is 3. The van der Waals surface area contributed by atoms with Gasteiger partial charge in [-0.25, -0.2) is 0 Å². The summed E-state index contributed by atoms with van der Waals surface area (Å²) in [7, 11) is 0. The van der Waals surface area contributed by atoms with Gasteiger partial charge in [0.25, 0.3) is 0 Å². The van der Waals surface area contributed by atoms with Gasteiger partial charge in [0.2, 0.25) is 0 Å². The molecule has 176 valence electrons. The Hall–Kier alpha value is -1.79. The van der Waals surface area contributed by atoms with Crippen LogP contribution in [0.3, 0.4) is 0 Å². The van der Waals surface area contributed by atoms with Gasteiger partial charge in [-0.05, 0) is 72.9 Å². The highest BCUT2D eigenvalue weighted by Crippen LogP contribution is 2.44. The van der Waals surface area contributed by atoms with Gasteiger partial charge < -0.3 is 15.6 Å². The molecule has 0 unspecified atom stereocenters. The van der Waals surface area contributed by atoms with E-state index in [1.165, 1.54) is 44.2 Å². The lowest BCUT2D eigenvalue weighted by Crippen LogP contribution is -2.36. The zero-order valence-electron chi connectivity index (χ0n) is 18.8. The number of hydrogen-bond donors (Lipinski definition) is 2. The van der Waals surface area contributed by atoms with E-state index in [4.69, 9.17) is 10.5 Å². The number of fused-ring (bicyclic) bond motifs is 1. The van der Waals surface area contributed by atoms with E-state index in [-0.39, 0.29) is 23.8 Å². The van der Waals surface area contributed by atoms with Crippen LogP contribution >= 0.6 is 0 Å². The van der Waals surface area contributed by atoms with E-state index >= 15 is 0 Å². The first-order valence-electron chi connectivity index (χ1n) is 11.9. The van der Waals surface area contributed by atoms with Crippen molar-refractivity contribution in [3.63, 3.8) is 0 Å². The zero-order valence-corrected chi connectivity index (χ0v) is 18.8. The van der Waals surface area contributed by atoms with Crippen molar-refractivity contribution in [2.75, 3.05) is 6.61 Å². The van der Waals surface area contributed by atoms with Gasteiger partial charge in [-0.15, -0.1) is 0 Å². The summed E-state index contributed by atoms with van der Waals surface area (Å²) in [5, 5.41) is 10.0. The molecule has 2 aliphatic carbocycles. The average molecular weight is 450 g/mol. The molecule has 0 heterocycles. The van der Waals surface area contributed by atoms with Crippen molar-refractivity contribution in [1.29, 1.82) is 0 Å². The van der Waals surface area contributed by atoms with Gasteiger partial charge in [-0.3, -0.25) is 0 Å². The fourth-order valence-corrected chi connectivity index (χ4v) is 5.61. The first-order chi connectivity index (χ1) is 15.2. The van der Waals surface area contributed by atoms with E-state index in [0.29, 0.717) is 16.9 Å². The van der Waals surface area contributed by atoms with E-state index < -0.39 is 17.3 Å². The summed E-state index contributed by atoms with van der Waals surface area (Å²) in [6.07, 6.45) is 5.60. The third-order valence-electron chi connectivity index (χ3n) is 7.58. The van der Waals surface area contributed by atoms with E-state index in [0.717, 1.165) is 31.6 Å². The van der Waals surface area contributed by atoms with Crippen LogP contribution in [0.25, 0.3) is 10.8 Å². The Balaban J connectivity index is 1.55. The molecule has 3 nitrogen and oxygen atoms in total. The molecule has 6 heteroatoms. The van der Waals surface area contributed by atoms with Gasteiger partial charge in [0.15, 0.2) is 0 Å². The van der Waals surface area contributed by atoms with Crippen LogP contribution in [0.4, 0.5) is 13.2 Å². The van der Waals surface area contributed by atoms with Crippen molar-refractivity contribution < 1.29 is 23.0 Å². The number of halogens is 3. The van der Waals surface area contributed by atoms with Crippen LogP contribution in [0.2, 0.25) is 0 Å². The zero-order chi connectivity index (χ0) is 22.9. The number of ether oxygens (including phenoxy) is 1. The van der Waals surface area contributed by atoms with Crippen LogP contribution in [0, 0.1) is 11.8 Å². The molecule has 2 fully saturated rings. The molecule has 1 atom stereocenters. The summed E-state index contributed by atoms with van der Waals surface area (Å²) in [4.78, 5) is 0. The Kier molecular flexibility index (Phi) is 6.73. The highest BCUT2D eigenvalue weighted by Gasteiger charge is 2.38. The van der Waals surface area contributed by atoms with Crippen LogP contribution in [-0.4, -0.2) is 17.8 Å². The molecule has 0 spiro atoms. The predicted molar refractivity (Wildman–Crippen MR) is 121 cm³/mol. The summed E-state index contributed by atoms with van der Waals surface area (Å²) in [6.45, 7) is 1.36. The fourth-order valence-electron chi connectivity index (χ4n) is 5.61. The largest absolute Gasteiger partial charge is 0.490 e. The Labute approximate surface area is 188 Å². The molecule has 0 saturated heterocycles. The third kappa shape index (κ3) is 4.91. The van der Waals surface area contributed by atoms with Crippen LogP contribution in [0.5, 0.6) is 5.75 Å². The third-order valence-corrected chi connectivity index (χ3v) is 7.58. The lowest BCUT2D eigenvalue weighted by molar-refractivity contribution is -0.138. The highest BCUT2D eigenvalue weighted by atomic mass is 19.4. The van der Waals surface area contributed by atoms with Gasteiger partial charge in [-0.2, -0.15) is 13.2 Å². The molecule has 2 aromatic rings. The van der Waals surface area contributed by atoms with Crippen molar-refractivity contribution in [3.05, 3.63) is 41.5 Å². The smallest absolute Gasteiger partial charge is 0.420 e. The SMILES string of the molecule is C[C@](N)(CO)c1ccc2c(C(F)(F)F)c(OC3CCC(C4CCCCC4)CC3)ccc2c1. The van der Waals surface area contributed by atoms with Gasteiger partial charge in [0, 0.05) is 0 Å². The van der Waals surface area contributed by atoms with Crippen molar-refractivity contribution >= 4 is 10.8 Å². The standard InChI is InChI=1S/C26H34F3NO2/c1-25(30,16-31)20-10-13-22-19(15-20)9-14-23(24(22)26(27,28)29)32-21-11-7-18(8-12-21)17-5-3-2-4-6-17/h9-10,13-15,17-18,21,31H,2-8,11-12,16,30H2,1H3/t18?,21?,25-/m0/s1. The van der Waals surface area contributed by atoms with Crippen LogP contribution < -0.4 is 10.5 Å². The maximum atomic E-state index is 14.1. The number of aliphatic hydroxyl groups excluding tert-OH is 1. The number of aliphatic hydroxyl groups is 1. The lowest BCUT2D eigenvalue weighted by Gasteiger charge is -2.36. The van der Waals surface area contributed by atoms with Gasteiger partial charge in [0.05, 0.1) is 18.2 Å². The molecular formula is C26H34F3NO2. The molecule has 32 heavy (non-hydrogen) atoms. The number of benzene rings is 2. The summed E-state index contributed by atoms with van der Waals surface area (Å²) in [5.41, 5.74) is 4.93. The summed E-state index contributed by atoms with van der Waals surface area (Å²) < 4.78 is 48.3. The molecule has 0 radical (unpaired) electrons. The predicted octanol–water partition coefficient (Wildman–Crippen LogP) is 6.54. The fraction of sp³-hybridized carbons (Fsp3) is 0.615. The van der Waals surface area contributed by atoms with Gasteiger partial charge in [-0.1, -0.05) is 50.3 Å². The van der Waals surface area contributed by atoms with E-state index in [1.54, 1.807) is 25.1 Å². The quantitative estimate of drug-likeness (QED) is 0.545. The van der Waals surface area contributed by atoms with Crippen molar-refractivity contribution in [3.8, 4) is 5.75 Å². The monoisotopic (exact) mass is 449 g/mol. The van der Waals surface area contributed by atoms with E-state index in [1.807, 2.05) is 0 Å². The van der Waals surface area contributed by atoms with E-state index in [2.05, 4.69) is 0 Å². The minimum absolute atomic E-state index is 0.0865. The Morgan fingerprint density at radius 2 is 1.59 bits per heavy atom. The number of nitrogens with two attached hydrogens (primary N) is 1. The second-order valence-electron chi connectivity index (χ2n) is 10.0. The van der Waals surface area contributed by atoms with Crippen LogP contribution in [-0.2, 0) is 11.7 Å². The molecule has 2 saturated carbocycles. The normalized spacial score (nSPS) is 24.9. The topological polar surface area (TPSA) is 55.5 Å². The molecule has 4 rings (SSSR count). The first kappa shape index (κ1) is 23.4. The molecule has 0 bridgehead atoms. The lowest BCUT2D eigenvalue weighted by atomic mass is 9.73.